The number of aryl methyl sites for hydroxylation is 1. The molecule has 3 rings (SSSR count). The van der Waals surface area contributed by atoms with Crippen molar-refractivity contribution in [2.24, 2.45) is 0 Å². The van der Waals surface area contributed by atoms with Gasteiger partial charge in [-0.05, 0) is 36.4 Å². The van der Waals surface area contributed by atoms with E-state index in [1.165, 1.54) is 21.8 Å². The van der Waals surface area contributed by atoms with E-state index in [0.29, 0.717) is 5.69 Å². The number of para-hydroxylation sites is 1. The van der Waals surface area contributed by atoms with E-state index in [2.05, 4.69) is 25.7 Å². The molecule has 0 aliphatic rings. The molecule has 0 saturated heterocycles. The first-order valence-electron chi connectivity index (χ1n) is 7.72. The van der Waals surface area contributed by atoms with E-state index in [1.54, 1.807) is 26.0 Å². The second kappa shape index (κ2) is 7.04. The highest BCUT2D eigenvalue weighted by Gasteiger charge is 2.15. The van der Waals surface area contributed by atoms with Crippen LogP contribution in [0.1, 0.15) is 23.1 Å². The van der Waals surface area contributed by atoms with Gasteiger partial charge in [-0.2, -0.15) is 9.36 Å². The largest absolute Gasteiger partial charge is 0.368 e. The zero-order chi connectivity index (χ0) is 17.8. The zero-order valence-electron chi connectivity index (χ0n) is 13.8. The molecule has 25 heavy (non-hydrogen) atoms. The van der Waals surface area contributed by atoms with Crippen LogP contribution in [-0.4, -0.2) is 41.7 Å². The van der Waals surface area contributed by atoms with Crippen molar-refractivity contribution in [2.75, 3.05) is 0 Å². The molecule has 3 aromatic rings. The van der Waals surface area contributed by atoms with Gasteiger partial charge in [-0.25, -0.2) is 9.78 Å². The fourth-order valence-corrected chi connectivity index (χ4v) is 2.23. The summed E-state index contributed by atoms with van der Waals surface area (Å²) in [5.74, 6) is -0.358. The van der Waals surface area contributed by atoms with Crippen molar-refractivity contribution < 1.29 is 4.79 Å². The molecule has 0 bridgehead atoms. The quantitative estimate of drug-likeness (QED) is 0.718. The molecule has 128 valence electrons. The highest BCUT2D eigenvalue weighted by molar-refractivity contribution is 5.92. The molecule has 0 aliphatic heterocycles. The number of aromatic nitrogens is 6. The standard InChI is InChI=1S/C16H17N7O2/c1-11-8-18-14(9-17-11)15(24)19-12(2)10-22-16(25)23(21-20-22)13-6-4-3-5-7-13/h3-9,12H,10H2,1-2H3,(H,19,24)/t12-/m0/s1. The molecular weight excluding hydrogens is 322 g/mol. The van der Waals surface area contributed by atoms with Crippen molar-refractivity contribution in [1.82, 2.24) is 35.1 Å². The lowest BCUT2D eigenvalue weighted by Gasteiger charge is -2.12. The first kappa shape index (κ1) is 16.5. The Labute approximate surface area is 143 Å². The SMILES string of the molecule is Cc1cnc(C(=O)N[C@@H](C)Cn2nnn(-c3ccccc3)c2=O)cn1. The van der Waals surface area contributed by atoms with Gasteiger partial charge in [0.15, 0.2) is 0 Å². The Balaban J connectivity index is 1.68. The maximum Gasteiger partial charge on any atom is 0.368 e. The molecule has 2 heterocycles. The number of tetrazole rings is 1. The third-order valence-electron chi connectivity index (χ3n) is 3.48. The summed E-state index contributed by atoms with van der Waals surface area (Å²) in [7, 11) is 0. The summed E-state index contributed by atoms with van der Waals surface area (Å²) in [6.45, 7) is 3.75. The maximum atomic E-state index is 12.4. The summed E-state index contributed by atoms with van der Waals surface area (Å²) in [5.41, 5.74) is 1.21. The predicted octanol–water partition coefficient (Wildman–Crippen LogP) is 0.346. The second-order valence-electron chi connectivity index (χ2n) is 5.61. The summed E-state index contributed by atoms with van der Waals surface area (Å²) >= 11 is 0. The van der Waals surface area contributed by atoms with Gasteiger partial charge >= 0.3 is 5.69 Å². The molecule has 1 N–H and O–H groups in total. The Morgan fingerprint density at radius 2 is 1.92 bits per heavy atom. The number of nitrogens with one attached hydrogen (secondary N) is 1. The normalized spacial score (nSPS) is 11.9. The molecule has 2 aromatic heterocycles. The van der Waals surface area contributed by atoms with Gasteiger partial charge in [-0.3, -0.25) is 9.78 Å². The third kappa shape index (κ3) is 3.77. The number of carbonyl (C=O) groups excluding carboxylic acids is 1. The zero-order valence-corrected chi connectivity index (χ0v) is 13.8. The molecule has 0 unspecified atom stereocenters. The van der Waals surface area contributed by atoms with E-state index >= 15 is 0 Å². The number of benzene rings is 1. The van der Waals surface area contributed by atoms with Crippen LogP contribution in [0.3, 0.4) is 0 Å². The lowest BCUT2D eigenvalue weighted by Crippen LogP contribution is -2.39. The minimum Gasteiger partial charge on any atom is -0.346 e. The van der Waals surface area contributed by atoms with Crippen LogP contribution in [0.15, 0.2) is 47.5 Å². The average Bonchev–Trinajstić information content (AvgIpc) is 2.96. The highest BCUT2D eigenvalue weighted by atomic mass is 16.2. The van der Waals surface area contributed by atoms with Crippen LogP contribution in [0, 0.1) is 6.92 Å². The number of carbonyl (C=O) groups is 1. The fourth-order valence-electron chi connectivity index (χ4n) is 2.23. The van der Waals surface area contributed by atoms with Gasteiger partial charge in [0.05, 0.1) is 24.1 Å². The Bertz CT molecular complexity index is 916. The van der Waals surface area contributed by atoms with E-state index in [0.717, 1.165) is 5.69 Å². The van der Waals surface area contributed by atoms with Crippen molar-refractivity contribution in [3.63, 3.8) is 0 Å². The lowest BCUT2D eigenvalue weighted by molar-refractivity contribution is 0.0930. The summed E-state index contributed by atoms with van der Waals surface area (Å²) in [4.78, 5) is 32.6. The van der Waals surface area contributed by atoms with Gasteiger partial charge in [0.25, 0.3) is 5.91 Å². The maximum absolute atomic E-state index is 12.4. The number of hydrogen-bond donors (Lipinski definition) is 1. The van der Waals surface area contributed by atoms with Crippen LogP contribution in [0.4, 0.5) is 0 Å². The summed E-state index contributed by atoms with van der Waals surface area (Å²) < 4.78 is 2.42. The van der Waals surface area contributed by atoms with E-state index in [1.807, 2.05) is 18.2 Å². The second-order valence-corrected chi connectivity index (χ2v) is 5.61. The fraction of sp³-hybridized carbons (Fsp3) is 0.250. The molecule has 1 aromatic carbocycles. The first-order chi connectivity index (χ1) is 12.0. The number of rotatable bonds is 5. The molecule has 1 amide bonds. The van der Waals surface area contributed by atoms with Crippen LogP contribution in [0.5, 0.6) is 0 Å². The van der Waals surface area contributed by atoms with Crippen molar-refractivity contribution in [1.29, 1.82) is 0 Å². The van der Waals surface area contributed by atoms with Crippen molar-refractivity contribution in [2.45, 2.75) is 26.4 Å². The summed E-state index contributed by atoms with van der Waals surface area (Å²) in [5, 5.41) is 10.5. The summed E-state index contributed by atoms with van der Waals surface area (Å²) in [6, 6.07) is 8.67. The van der Waals surface area contributed by atoms with Crippen LogP contribution in [0.25, 0.3) is 5.69 Å². The lowest BCUT2D eigenvalue weighted by atomic mass is 10.3. The molecule has 9 nitrogen and oxygen atoms in total. The number of hydrogen-bond acceptors (Lipinski definition) is 6. The smallest absolute Gasteiger partial charge is 0.346 e. The molecule has 1 atom stereocenters. The molecule has 0 radical (unpaired) electrons. The van der Waals surface area contributed by atoms with Crippen LogP contribution in [-0.2, 0) is 6.54 Å². The van der Waals surface area contributed by atoms with Crippen LogP contribution < -0.4 is 11.0 Å². The van der Waals surface area contributed by atoms with Crippen molar-refractivity contribution in [3.05, 3.63) is 64.6 Å². The molecular formula is C16H17N7O2. The molecule has 0 fully saturated rings. The third-order valence-corrected chi connectivity index (χ3v) is 3.48. The van der Waals surface area contributed by atoms with Crippen molar-refractivity contribution in [3.8, 4) is 5.69 Å². The minimum atomic E-state index is -0.373. The Kier molecular flexibility index (Phi) is 4.64. The van der Waals surface area contributed by atoms with Gasteiger partial charge in [0, 0.05) is 12.2 Å². The van der Waals surface area contributed by atoms with E-state index in [-0.39, 0.29) is 29.9 Å². The number of nitrogens with zero attached hydrogens (tertiary/aromatic N) is 6. The first-order valence-corrected chi connectivity index (χ1v) is 7.72. The topological polar surface area (TPSA) is 108 Å². The monoisotopic (exact) mass is 339 g/mol. The molecule has 9 heteroatoms. The van der Waals surface area contributed by atoms with Crippen LogP contribution in [0.2, 0.25) is 0 Å². The van der Waals surface area contributed by atoms with E-state index < -0.39 is 0 Å². The Morgan fingerprint density at radius 1 is 1.16 bits per heavy atom. The molecule has 0 aliphatic carbocycles. The van der Waals surface area contributed by atoms with E-state index in [4.69, 9.17) is 0 Å². The van der Waals surface area contributed by atoms with Gasteiger partial charge in [0.1, 0.15) is 5.69 Å². The van der Waals surface area contributed by atoms with Crippen LogP contribution >= 0.6 is 0 Å². The Hall–Kier alpha value is -3.36. The van der Waals surface area contributed by atoms with Crippen molar-refractivity contribution >= 4 is 5.91 Å². The average molecular weight is 339 g/mol. The Morgan fingerprint density at radius 3 is 2.60 bits per heavy atom. The minimum absolute atomic E-state index is 0.191. The highest BCUT2D eigenvalue weighted by Crippen LogP contribution is 2.01. The van der Waals surface area contributed by atoms with Gasteiger partial charge < -0.3 is 5.32 Å². The summed E-state index contributed by atoms with van der Waals surface area (Å²) in [6.07, 6.45) is 2.94. The van der Waals surface area contributed by atoms with Gasteiger partial charge in [-0.1, -0.05) is 18.2 Å². The van der Waals surface area contributed by atoms with E-state index in [9.17, 15) is 9.59 Å². The van der Waals surface area contributed by atoms with Gasteiger partial charge in [-0.15, -0.1) is 0 Å². The molecule has 0 spiro atoms. The molecule has 0 saturated carbocycles. The number of amides is 1. The van der Waals surface area contributed by atoms with Gasteiger partial charge in [0.2, 0.25) is 0 Å². The predicted molar refractivity (Wildman–Crippen MR) is 89.3 cm³/mol.